The molecule has 1 aromatic rings. The predicted octanol–water partition coefficient (Wildman–Crippen LogP) is 2.03. The molecule has 0 unspecified atom stereocenters. The first-order valence-corrected chi connectivity index (χ1v) is 3.98. The van der Waals surface area contributed by atoms with E-state index in [0.717, 1.165) is 0 Å². The second-order valence-electron chi connectivity index (χ2n) is 2.92. The SMILES string of the molecule is Cl.N[C@@H](c1ccccc1)[C@H](O)C(F)(F)F. The zero-order valence-electron chi connectivity index (χ0n) is 7.61. The van der Waals surface area contributed by atoms with Crippen LogP contribution in [0.1, 0.15) is 11.6 Å². The number of hydrogen-bond acceptors (Lipinski definition) is 2. The molecule has 86 valence electrons. The molecule has 6 heteroatoms. The molecular formula is C9H11ClF3NO. The van der Waals surface area contributed by atoms with Gasteiger partial charge in [0.15, 0.2) is 6.10 Å². The molecule has 15 heavy (non-hydrogen) atoms. The lowest BCUT2D eigenvalue weighted by Gasteiger charge is -2.21. The summed E-state index contributed by atoms with van der Waals surface area (Å²) in [7, 11) is 0. The highest BCUT2D eigenvalue weighted by Crippen LogP contribution is 2.28. The monoisotopic (exact) mass is 241 g/mol. The van der Waals surface area contributed by atoms with Crippen LogP contribution in [0.5, 0.6) is 0 Å². The number of aliphatic hydroxyl groups excluding tert-OH is 1. The van der Waals surface area contributed by atoms with E-state index in [1.54, 1.807) is 18.2 Å². The molecular weight excluding hydrogens is 231 g/mol. The van der Waals surface area contributed by atoms with E-state index < -0.39 is 18.3 Å². The Hall–Kier alpha value is -0.780. The van der Waals surface area contributed by atoms with Gasteiger partial charge in [0.05, 0.1) is 6.04 Å². The number of alkyl halides is 3. The molecule has 1 aromatic carbocycles. The Morgan fingerprint density at radius 1 is 1.13 bits per heavy atom. The van der Waals surface area contributed by atoms with Crippen LogP contribution >= 0.6 is 12.4 Å². The number of benzene rings is 1. The van der Waals surface area contributed by atoms with E-state index in [1.165, 1.54) is 12.1 Å². The zero-order valence-corrected chi connectivity index (χ0v) is 8.42. The van der Waals surface area contributed by atoms with Gasteiger partial charge in [0.2, 0.25) is 0 Å². The van der Waals surface area contributed by atoms with E-state index in [9.17, 15) is 13.2 Å². The van der Waals surface area contributed by atoms with E-state index >= 15 is 0 Å². The van der Waals surface area contributed by atoms with E-state index in [-0.39, 0.29) is 18.0 Å². The van der Waals surface area contributed by atoms with Gasteiger partial charge < -0.3 is 10.8 Å². The third-order valence-electron chi connectivity index (χ3n) is 1.86. The van der Waals surface area contributed by atoms with Crippen molar-refractivity contribution in [3.8, 4) is 0 Å². The average Bonchev–Trinajstić information content (AvgIpc) is 2.15. The Labute approximate surface area is 91.3 Å². The molecule has 3 N–H and O–H groups in total. The number of aliphatic hydroxyl groups is 1. The summed E-state index contributed by atoms with van der Waals surface area (Å²) in [5, 5.41) is 8.86. The van der Waals surface area contributed by atoms with E-state index in [1.807, 2.05) is 0 Å². The summed E-state index contributed by atoms with van der Waals surface area (Å²) in [5.74, 6) is 0. The standard InChI is InChI=1S/C9H10F3NO.ClH/c10-9(11,12)8(14)7(13)6-4-2-1-3-5-6;/h1-5,7-8,14H,13H2;1H/t7-,8-;/m0./s1. The molecule has 0 aliphatic heterocycles. The molecule has 0 bridgehead atoms. The van der Waals surface area contributed by atoms with E-state index in [4.69, 9.17) is 10.8 Å². The molecule has 0 radical (unpaired) electrons. The fraction of sp³-hybridized carbons (Fsp3) is 0.333. The van der Waals surface area contributed by atoms with Gasteiger partial charge >= 0.3 is 6.18 Å². The van der Waals surface area contributed by atoms with Crippen molar-refractivity contribution >= 4 is 12.4 Å². The lowest BCUT2D eigenvalue weighted by Crippen LogP contribution is -2.38. The van der Waals surface area contributed by atoms with Crippen LogP contribution in [-0.2, 0) is 0 Å². The molecule has 2 nitrogen and oxygen atoms in total. The van der Waals surface area contributed by atoms with Gasteiger partial charge in [0, 0.05) is 0 Å². The fourth-order valence-electron chi connectivity index (χ4n) is 1.06. The summed E-state index contributed by atoms with van der Waals surface area (Å²) in [5.41, 5.74) is 5.52. The van der Waals surface area contributed by atoms with Crippen LogP contribution in [0.4, 0.5) is 13.2 Å². The van der Waals surface area contributed by atoms with Crippen LogP contribution in [0.2, 0.25) is 0 Å². The fourth-order valence-corrected chi connectivity index (χ4v) is 1.06. The maximum Gasteiger partial charge on any atom is 0.416 e. The quantitative estimate of drug-likeness (QED) is 0.832. The summed E-state index contributed by atoms with van der Waals surface area (Å²) in [4.78, 5) is 0. The van der Waals surface area contributed by atoms with Crippen LogP contribution in [0.15, 0.2) is 30.3 Å². The highest BCUT2D eigenvalue weighted by atomic mass is 35.5. The summed E-state index contributed by atoms with van der Waals surface area (Å²) >= 11 is 0. The van der Waals surface area contributed by atoms with Crippen molar-refractivity contribution in [2.75, 3.05) is 0 Å². The Balaban J connectivity index is 0.00000196. The molecule has 0 saturated heterocycles. The van der Waals surface area contributed by atoms with Crippen molar-refractivity contribution in [2.45, 2.75) is 18.3 Å². The largest absolute Gasteiger partial charge is 0.416 e. The minimum Gasteiger partial charge on any atom is -0.382 e. The Morgan fingerprint density at radius 3 is 2.00 bits per heavy atom. The minimum atomic E-state index is -4.69. The van der Waals surface area contributed by atoms with Crippen molar-refractivity contribution in [3.05, 3.63) is 35.9 Å². The van der Waals surface area contributed by atoms with Gasteiger partial charge in [0.1, 0.15) is 0 Å². The molecule has 0 spiro atoms. The van der Waals surface area contributed by atoms with Crippen molar-refractivity contribution in [1.82, 2.24) is 0 Å². The van der Waals surface area contributed by atoms with E-state index in [0.29, 0.717) is 0 Å². The maximum atomic E-state index is 12.1. The average molecular weight is 242 g/mol. The minimum absolute atomic E-state index is 0. The van der Waals surface area contributed by atoms with Crippen molar-refractivity contribution in [1.29, 1.82) is 0 Å². The highest BCUT2D eigenvalue weighted by Gasteiger charge is 2.42. The lowest BCUT2D eigenvalue weighted by atomic mass is 10.0. The summed E-state index contributed by atoms with van der Waals surface area (Å²) in [6, 6.07) is 6.25. The van der Waals surface area contributed by atoms with Crippen molar-refractivity contribution in [3.63, 3.8) is 0 Å². The number of halogens is 4. The Kier molecular flexibility index (Phi) is 5.07. The third-order valence-corrected chi connectivity index (χ3v) is 1.86. The van der Waals surface area contributed by atoms with E-state index in [2.05, 4.69) is 0 Å². The second kappa shape index (κ2) is 5.34. The topological polar surface area (TPSA) is 46.2 Å². The maximum absolute atomic E-state index is 12.1. The molecule has 0 aliphatic rings. The Bertz CT molecular complexity index is 291. The van der Waals surface area contributed by atoms with Crippen LogP contribution in [-0.4, -0.2) is 17.4 Å². The third kappa shape index (κ3) is 3.70. The van der Waals surface area contributed by atoms with Crippen LogP contribution in [0, 0.1) is 0 Å². The van der Waals surface area contributed by atoms with Gasteiger partial charge in [-0.3, -0.25) is 0 Å². The first kappa shape index (κ1) is 14.2. The first-order valence-electron chi connectivity index (χ1n) is 3.98. The van der Waals surface area contributed by atoms with Crippen LogP contribution < -0.4 is 5.73 Å². The molecule has 0 amide bonds. The molecule has 0 aromatic heterocycles. The van der Waals surface area contributed by atoms with Gasteiger partial charge in [-0.25, -0.2) is 0 Å². The molecule has 0 fully saturated rings. The van der Waals surface area contributed by atoms with Crippen LogP contribution in [0.3, 0.4) is 0 Å². The smallest absolute Gasteiger partial charge is 0.382 e. The highest BCUT2D eigenvalue weighted by molar-refractivity contribution is 5.85. The molecule has 0 aliphatic carbocycles. The van der Waals surface area contributed by atoms with Gasteiger partial charge in [-0.1, -0.05) is 30.3 Å². The molecule has 1 rings (SSSR count). The summed E-state index contributed by atoms with van der Waals surface area (Å²) in [6.07, 6.45) is -7.21. The number of hydrogen-bond donors (Lipinski definition) is 2. The summed E-state index contributed by atoms with van der Waals surface area (Å²) in [6.45, 7) is 0. The molecule has 0 heterocycles. The van der Waals surface area contributed by atoms with Gasteiger partial charge in [-0.2, -0.15) is 13.2 Å². The van der Waals surface area contributed by atoms with Crippen molar-refractivity contribution in [2.24, 2.45) is 5.73 Å². The van der Waals surface area contributed by atoms with Gasteiger partial charge in [-0.05, 0) is 5.56 Å². The van der Waals surface area contributed by atoms with Gasteiger partial charge in [0.25, 0.3) is 0 Å². The van der Waals surface area contributed by atoms with Crippen molar-refractivity contribution < 1.29 is 18.3 Å². The zero-order chi connectivity index (χ0) is 10.8. The first-order chi connectivity index (χ1) is 6.43. The second-order valence-corrected chi connectivity index (χ2v) is 2.92. The van der Waals surface area contributed by atoms with Crippen LogP contribution in [0.25, 0.3) is 0 Å². The molecule has 0 saturated carbocycles. The number of rotatable bonds is 2. The van der Waals surface area contributed by atoms with Gasteiger partial charge in [-0.15, -0.1) is 12.4 Å². The lowest BCUT2D eigenvalue weighted by molar-refractivity contribution is -0.210. The summed E-state index contributed by atoms with van der Waals surface area (Å²) < 4.78 is 36.2. The predicted molar refractivity (Wildman–Crippen MR) is 52.7 cm³/mol. The molecule has 2 atom stereocenters. The normalized spacial score (nSPS) is 15.3. The number of nitrogens with two attached hydrogens (primary N) is 1. The Morgan fingerprint density at radius 2 is 1.60 bits per heavy atom.